The second-order valence-electron chi connectivity index (χ2n) is 7.18. The molecule has 0 fully saturated rings. The van der Waals surface area contributed by atoms with Crippen molar-refractivity contribution in [1.29, 1.82) is 0 Å². The first-order valence-electron chi connectivity index (χ1n) is 9.44. The molecule has 1 aliphatic rings. The first-order valence-corrected chi connectivity index (χ1v) is 10.2. The Morgan fingerprint density at radius 3 is 1.41 bits per heavy atom. The fourth-order valence-corrected chi connectivity index (χ4v) is 4.42. The molecular formula is C24H20N2S. The van der Waals surface area contributed by atoms with Crippen LogP contribution in [0.3, 0.4) is 0 Å². The van der Waals surface area contributed by atoms with E-state index in [0.717, 1.165) is 48.2 Å². The minimum Gasteiger partial charge on any atom is -0.172 e. The van der Waals surface area contributed by atoms with Crippen molar-refractivity contribution >= 4 is 11.7 Å². The van der Waals surface area contributed by atoms with Gasteiger partial charge in [-0.3, -0.25) is 0 Å². The third kappa shape index (κ3) is 3.43. The summed E-state index contributed by atoms with van der Waals surface area (Å²) < 4.78 is 9.25. The molecule has 6 bridgehead atoms. The Hall–Kier alpha value is -2.78. The average molecular weight is 369 g/mol. The predicted molar refractivity (Wildman–Crippen MR) is 112 cm³/mol. The molecule has 1 aromatic heterocycles. The Morgan fingerprint density at radius 1 is 0.519 bits per heavy atom. The largest absolute Gasteiger partial charge is 0.172 e. The summed E-state index contributed by atoms with van der Waals surface area (Å²) in [4.78, 5) is 0. The minimum atomic E-state index is 0.995. The molecule has 2 nitrogen and oxygen atoms in total. The Balaban J connectivity index is 1.65. The lowest BCUT2D eigenvalue weighted by molar-refractivity contribution is 0.931. The van der Waals surface area contributed by atoms with Gasteiger partial charge in [0, 0.05) is 11.1 Å². The van der Waals surface area contributed by atoms with Gasteiger partial charge in [-0.1, -0.05) is 60.7 Å². The maximum atomic E-state index is 4.62. The highest BCUT2D eigenvalue weighted by Gasteiger charge is 2.14. The highest BCUT2D eigenvalue weighted by Crippen LogP contribution is 2.31. The van der Waals surface area contributed by atoms with Crippen LogP contribution in [0.25, 0.3) is 22.5 Å². The first-order chi connectivity index (χ1) is 13.3. The second-order valence-corrected chi connectivity index (χ2v) is 7.71. The van der Waals surface area contributed by atoms with Gasteiger partial charge in [-0.2, -0.15) is 8.75 Å². The Labute approximate surface area is 163 Å². The van der Waals surface area contributed by atoms with E-state index in [-0.39, 0.29) is 0 Å². The fourth-order valence-electron chi connectivity index (χ4n) is 3.83. The van der Waals surface area contributed by atoms with Crippen LogP contribution >= 0.6 is 11.7 Å². The molecule has 0 spiro atoms. The van der Waals surface area contributed by atoms with E-state index >= 15 is 0 Å². The Bertz CT molecular complexity index is 1020. The Morgan fingerprint density at radius 2 is 0.926 bits per heavy atom. The van der Waals surface area contributed by atoms with Gasteiger partial charge >= 0.3 is 0 Å². The molecule has 4 aromatic rings. The first kappa shape index (κ1) is 16.4. The van der Waals surface area contributed by atoms with Gasteiger partial charge < -0.3 is 0 Å². The van der Waals surface area contributed by atoms with Gasteiger partial charge in [-0.15, -0.1) is 0 Å². The van der Waals surface area contributed by atoms with E-state index in [2.05, 4.69) is 81.5 Å². The van der Waals surface area contributed by atoms with Crippen molar-refractivity contribution in [3.63, 3.8) is 0 Å². The molecule has 1 aliphatic carbocycles. The van der Waals surface area contributed by atoms with Crippen molar-refractivity contribution in [1.82, 2.24) is 8.75 Å². The average Bonchev–Trinajstić information content (AvgIpc) is 3.21. The van der Waals surface area contributed by atoms with Crippen LogP contribution in [0.4, 0.5) is 0 Å². The summed E-state index contributed by atoms with van der Waals surface area (Å²) in [7, 11) is 0. The molecule has 0 N–H and O–H groups in total. The summed E-state index contributed by atoms with van der Waals surface area (Å²) >= 11 is 1.30. The summed E-state index contributed by atoms with van der Waals surface area (Å²) in [6, 6.07) is 26.6. The molecule has 27 heavy (non-hydrogen) atoms. The van der Waals surface area contributed by atoms with E-state index < -0.39 is 0 Å². The topological polar surface area (TPSA) is 25.8 Å². The van der Waals surface area contributed by atoms with Crippen molar-refractivity contribution in [2.45, 2.75) is 25.7 Å². The summed E-state index contributed by atoms with van der Waals surface area (Å²) in [5, 5.41) is 0. The fraction of sp³-hybridized carbons (Fsp3) is 0.167. The number of benzene rings is 3. The maximum Gasteiger partial charge on any atom is 0.112 e. The van der Waals surface area contributed by atoms with Crippen molar-refractivity contribution in [3.05, 3.63) is 95.1 Å². The van der Waals surface area contributed by atoms with Crippen LogP contribution in [-0.4, -0.2) is 8.75 Å². The molecule has 0 atom stereocenters. The highest BCUT2D eigenvalue weighted by atomic mass is 32.1. The molecule has 1 heterocycles. The Kier molecular flexibility index (Phi) is 4.30. The molecule has 0 saturated carbocycles. The molecule has 0 unspecified atom stereocenters. The zero-order chi connectivity index (χ0) is 18.1. The molecule has 3 heteroatoms. The van der Waals surface area contributed by atoms with Gasteiger partial charge in [-0.05, 0) is 60.1 Å². The number of fused-ring (bicyclic) bond motifs is 9. The lowest BCUT2D eigenvalue weighted by atomic mass is 9.99. The van der Waals surface area contributed by atoms with E-state index in [9.17, 15) is 0 Å². The number of aromatic nitrogens is 2. The van der Waals surface area contributed by atoms with Crippen LogP contribution in [0.15, 0.2) is 72.8 Å². The van der Waals surface area contributed by atoms with Gasteiger partial charge in [0.05, 0.1) is 11.7 Å². The van der Waals surface area contributed by atoms with Crippen molar-refractivity contribution in [3.8, 4) is 22.5 Å². The van der Waals surface area contributed by atoms with E-state index in [1.54, 1.807) is 0 Å². The van der Waals surface area contributed by atoms with Gasteiger partial charge in [0.15, 0.2) is 0 Å². The second kappa shape index (κ2) is 7.09. The van der Waals surface area contributed by atoms with Crippen LogP contribution in [0.1, 0.15) is 22.3 Å². The molecule has 0 radical (unpaired) electrons. The van der Waals surface area contributed by atoms with Crippen molar-refractivity contribution in [2.24, 2.45) is 0 Å². The normalized spacial score (nSPS) is 13.3. The summed E-state index contributed by atoms with van der Waals surface area (Å²) in [6.45, 7) is 0. The molecule has 132 valence electrons. The lowest BCUT2D eigenvalue weighted by Gasteiger charge is -2.07. The van der Waals surface area contributed by atoms with Gasteiger partial charge in [0.2, 0.25) is 0 Å². The number of hydrogen-bond donors (Lipinski definition) is 0. The van der Waals surface area contributed by atoms with Crippen molar-refractivity contribution in [2.75, 3.05) is 0 Å². The number of nitrogens with zero attached hydrogens (tertiary/aromatic N) is 2. The quantitative estimate of drug-likeness (QED) is 0.394. The summed E-state index contributed by atoms with van der Waals surface area (Å²) in [5.74, 6) is 0. The van der Waals surface area contributed by atoms with Crippen LogP contribution < -0.4 is 0 Å². The van der Waals surface area contributed by atoms with Crippen molar-refractivity contribution < 1.29 is 0 Å². The molecule has 5 rings (SSSR count). The molecule has 0 aliphatic heterocycles. The minimum absolute atomic E-state index is 0.995. The highest BCUT2D eigenvalue weighted by molar-refractivity contribution is 6.99. The van der Waals surface area contributed by atoms with Crippen LogP contribution in [-0.2, 0) is 25.7 Å². The van der Waals surface area contributed by atoms with Gasteiger partial charge in [-0.25, -0.2) is 0 Å². The van der Waals surface area contributed by atoms with Gasteiger partial charge in [0.1, 0.15) is 11.4 Å². The summed E-state index contributed by atoms with van der Waals surface area (Å²) in [6.07, 6.45) is 4.20. The number of aryl methyl sites for hydroxylation is 4. The van der Waals surface area contributed by atoms with Crippen LogP contribution in [0, 0.1) is 0 Å². The molecule has 3 aromatic carbocycles. The van der Waals surface area contributed by atoms with E-state index in [1.165, 1.54) is 34.0 Å². The maximum absolute atomic E-state index is 4.62. The molecular weight excluding hydrogens is 348 g/mol. The van der Waals surface area contributed by atoms with E-state index in [0.29, 0.717) is 0 Å². The molecule has 0 saturated heterocycles. The standard InChI is InChI=1S/C24H20N2S/c1-4-17-10-12-19-6-2-8-21(15-19)23-24(26-27-25-23)22-9-3-7-20(16-22)13-11-18(5-1)14-17/h1-9,14-16H,10-13H2. The number of rotatable bonds is 0. The third-order valence-corrected chi connectivity index (χ3v) is 5.81. The van der Waals surface area contributed by atoms with E-state index in [1.807, 2.05) is 0 Å². The lowest BCUT2D eigenvalue weighted by Crippen LogP contribution is -1.95. The third-order valence-electron chi connectivity index (χ3n) is 5.29. The van der Waals surface area contributed by atoms with Gasteiger partial charge in [0.25, 0.3) is 0 Å². The van der Waals surface area contributed by atoms with Crippen LogP contribution in [0.5, 0.6) is 0 Å². The number of hydrogen-bond acceptors (Lipinski definition) is 3. The van der Waals surface area contributed by atoms with Crippen LogP contribution in [0.2, 0.25) is 0 Å². The zero-order valence-corrected chi connectivity index (χ0v) is 15.9. The van der Waals surface area contributed by atoms with E-state index in [4.69, 9.17) is 0 Å². The predicted octanol–water partition coefficient (Wildman–Crippen LogP) is 5.76. The smallest absolute Gasteiger partial charge is 0.112 e. The monoisotopic (exact) mass is 368 g/mol. The SMILES string of the molecule is c1cc2cc(c1)CCc1cccc(c1)-c1nsnc1-c1cccc(c1)CC2. The molecule has 0 amide bonds. The summed E-state index contributed by atoms with van der Waals surface area (Å²) in [5.41, 5.74) is 9.83. The zero-order valence-electron chi connectivity index (χ0n) is 15.1.